The fourth-order valence-electron chi connectivity index (χ4n) is 3.37. The fourth-order valence-corrected chi connectivity index (χ4v) is 3.37. The van der Waals surface area contributed by atoms with E-state index in [1.807, 2.05) is 12.4 Å². The van der Waals surface area contributed by atoms with Crippen LogP contribution < -0.4 is 10.2 Å². The smallest absolute Gasteiger partial charge is 0.225 e. The topological polar surface area (TPSA) is 61.3 Å². The summed E-state index contributed by atoms with van der Waals surface area (Å²) < 4.78 is 0. The van der Waals surface area contributed by atoms with Crippen LogP contribution in [0.1, 0.15) is 39.2 Å². The number of aromatic nitrogens is 2. The maximum Gasteiger partial charge on any atom is 0.225 e. The van der Waals surface area contributed by atoms with Gasteiger partial charge in [-0.15, -0.1) is 0 Å². The third kappa shape index (κ3) is 3.35. The third-order valence-corrected chi connectivity index (χ3v) is 4.62. The maximum absolute atomic E-state index is 9.98. The van der Waals surface area contributed by atoms with E-state index >= 15 is 0 Å². The molecular formula is C16H26N4O. The maximum atomic E-state index is 9.98. The van der Waals surface area contributed by atoms with Gasteiger partial charge in [0.1, 0.15) is 0 Å². The molecule has 1 aliphatic carbocycles. The van der Waals surface area contributed by atoms with Crippen molar-refractivity contribution in [2.24, 2.45) is 11.8 Å². The molecule has 0 aromatic carbocycles. The van der Waals surface area contributed by atoms with Crippen molar-refractivity contribution in [3.63, 3.8) is 0 Å². The Hall–Kier alpha value is -1.20. The van der Waals surface area contributed by atoms with Gasteiger partial charge in [-0.05, 0) is 39.5 Å². The molecule has 1 saturated carbocycles. The molecule has 2 N–H and O–H groups in total. The molecule has 1 saturated heterocycles. The Labute approximate surface area is 126 Å². The Bertz CT molecular complexity index is 482. The normalized spacial score (nSPS) is 29.0. The number of fused-ring (bicyclic) bond motifs is 1. The highest BCUT2D eigenvalue weighted by atomic mass is 16.3. The van der Waals surface area contributed by atoms with Gasteiger partial charge in [0.05, 0.1) is 6.10 Å². The first-order valence-corrected chi connectivity index (χ1v) is 7.91. The zero-order chi connectivity index (χ0) is 15.0. The first kappa shape index (κ1) is 14.7. The number of nitrogens with zero attached hydrogens (tertiary/aromatic N) is 3. The van der Waals surface area contributed by atoms with Crippen LogP contribution in [-0.4, -0.2) is 39.8 Å². The Morgan fingerprint density at radius 2 is 1.95 bits per heavy atom. The van der Waals surface area contributed by atoms with E-state index in [2.05, 4.69) is 41.0 Å². The summed E-state index contributed by atoms with van der Waals surface area (Å²) in [5, 5.41) is 13.4. The van der Waals surface area contributed by atoms with Crippen LogP contribution in [0.5, 0.6) is 0 Å². The van der Waals surface area contributed by atoms with Gasteiger partial charge in [0, 0.05) is 49.0 Å². The SMILES string of the molecule is CC(C)(C)NCc1cnc(N2CC3CCC(O)C3C2)nc1. The molecule has 5 nitrogen and oxygen atoms in total. The molecule has 21 heavy (non-hydrogen) atoms. The van der Waals surface area contributed by atoms with E-state index in [4.69, 9.17) is 0 Å². The van der Waals surface area contributed by atoms with Gasteiger partial charge in [0.25, 0.3) is 0 Å². The fraction of sp³-hybridized carbons (Fsp3) is 0.750. The summed E-state index contributed by atoms with van der Waals surface area (Å²) in [6.45, 7) is 9.12. The molecule has 2 heterocycles. The van der Waals surface area contributed by atoms with Crippen molar-refractivity contribution < 1.29 is 5.11 Å². The number of hydrogen-bond acceptors (Lipinski definition) is 5. The highest BCUT2D eigenvalue weighted by molar-refractivity contribution is 5.33. The molecule has 3 rings (SSSR count). The second-order valence-electron chi connectivity index (χ2n) is 7.47. The number of nitrogens with one attached hydrogen (secondary N) is 1. The lowest BCUT2D eigenvalue weighted by molar-refractivity contribution is 0.133. The van der Waals surface area contributed by atoms with E-state index < -0.39 is 0 Å². The molecule has 2 aliphatic rings. The van der Waals surface area contributed by atoms with Gasteiger partial charge in [-0.1, -0.05) is 0 Å². The van der Waals surface area contributed by atoms with Gasteiger partial charge < -0.3 is 15.3 Å². The van der Waals surface area contributed by atoms with Crippen molar-refractivity contribution in [1.82, 2.24) is 15.3 Å². The lowest BCUT2D eigenvalue weighted by atomic mass is 10.00. The third-order valence-electron chi connectivity index (χ3n) is 4.62. The highest BCUT2D eigenvalue weighted by Crippen LogP contribution is 2.38. The minimum Gasteiger partial charge on any atom is -0.393 e. The summed E-state index contributed by atoms with van der Waals surface area (Å²) >= 11 is 0. The molecule has 1 aromatic rings. The van der Waals surface area contributed by atoms with Crippen molar-refractivity contribution in [3.8, 4) is 0 Å². The number of hydrogen-bond donors (Lipinski definition) is 2. The summed E-state index contributed by atoms with van der Waals surface area (Å²) in [6, 6.07) is 0. The summed E-state index contributed by atoms with van der Waals surface area (Å²) in [5.74, 6) is 1.83. The Morgan fingerprint density at radius 3 is 2.57 bits per heavy atom. The van der Waals surface area contributed by atoms with Crippen LogP contribution in [-0.2, 0) is 6.54 Å². The van der Waals surface area contributed by atoms with Crippen molar-refractivity contribution in [3.05, 3.63) is 18.0 Å². The molecule has 3 unspecified atom stereocenters. The van der Waals surface area contributed by atoms with E-state index in [9.17, 15) is 5.11 Å². The molecule has 3 atom stereocenters. The van der Waals surface area contributed by atoms with Crippen LogP contribution in [0.15, 0.2) is 12.4 Å². The van der Waals surface area contributed by atoms with E-state index in [0.717, 1.165) is 44.0 Å². The predicted octanol–water partition coefficient (Wildman–Crippen LogP) is 1.57. The van der Waals surface area contributed by atoms with Crippen molar-refractivity contribution in [2.75, 3.05) is 18.0 Å². The van der Waals surface area contributed by atoms with Crippen LogP contribution in [0.2, 0.25) is 0 Å². The van der Waals surface area contributed by atoms with Gasteiger partial charge in [-0.2, -0.15) is 0 Å². The Kier molecular flexibility index (Phi) is 3.88. The largest absolute Gasteiger partial charge is 0.393 e. The van der Waals surface area contributed by atoms with Crippen LogP contribution in [0.3, 0.4) is 0 Å². The summed E-state index contributed by atoms with van der Waals surface area (Å²) in [5.41, 5.74) is 1.20. The average molecular weight is 290 g/mol. The standard InChI is InChI=1S/C16H26N4O/c1-16(2,3)19-8-11-6-17-15(18-7-11)20-9-12-4-5-14(21)13(12)10-20/h6-7,12-14,19,21H,4-5,8-10H2,1-3H3. The molecule has 1 aliphatic heterocycles. The van der Waals surface area contributed by atoms with Gasteiger partial charge >= 0.3 is 0 Å². The Balaban J connectivity index is 1.60. The Morgan fingerprint density at radius 1 is 1.24 bits per heavy atom. The monoisotopic (exact) mass is 290 g/mol. The van der Waals surface area contributed by atoms with E-state index in [0.29, 0.717) is 11.8 Å². The average Bonchev–Trinajstić information content (AvgIpc) is 2.99. The van der Waals surface area contributed by atoms with Crippen molar-refractivity contribution in [1.29, 1.82) is 0 Å². The molecular weight excluding hydrogens is 264 g/mol. The van der Waals surface area contributed by atoms with Crippen molar-refractivity contribution >= 4 is 5.95 Å². The minimum absolute atomic E-state index is 0.0984. The molecule has 0 spiro atoms. The number of anilines is 1. The number of aliphatic hydroxyl groups is 1. The molecule has 116 valence electrons. The van der Waals surface area contributed by atoms with Crippen molar-refractivity contribution in [2.45, 2.75) is 51.8 Å². The first-order chi connectivity index (χ1) is 9.92. The summed E-state index contributed by atoms with van der Waals surface area (Å²) in [7, 11) is 0. The van der Waals surface area contributed by atoms with Gasteiger partial charge in [-0.25, -0.2) is 9.97 Å². The van der Waals surface area contributed by atoms with Crippen LogP contribution in [0, 0.1) is 11.8 Å². The molecule has 2 fully saturated rings. The number of aliphatic hydroxyl groups excluding tert-OH is 1. The summed E-state index contributed by atoms with van der Waals surface area (Å²) in [4.78, 5) is 11.2. The van der Waals surface area contributed by atoms with Gasteiger partial charge in [0.15, 0.2) is 0 Å². The molecule has 0 amide bonds. The minimum atomic E-state index is -0.129. The predicted molar refractivity (Wildman–Crippen MR) is 83.1 cm³/mol. The van der Waals surface area contributed by atoms with Crippen LogP contribution >= 0.6 is 0 Å². The second-order valence-corrected chi connectivity index (χ2v) is 7.47. The molecule has 0 radical (unpaired) electrons. The van der Waals surface area contributed by atoms with E-state index in [1.165, 1.54) is 0 Å². The lowest BCUT2D eigenvalue weighted by Gasteiger charge is -2.21. The molecule has 5 heteroatoms. The van der Waals surface area contributed by atoms with E-state index in [-0.39, 0.29) is 11.6 Å². The van der Waals surface area contributed by atoms with Crippen LogP contribution in [0.4, 0.5) is 5.95 Å². The van der Waals surface area contributed by atoms with Crippen LogP contribution in [0.25, 0.3) is 0 Å². The first-order valence-electron chi connectivity index (χ1n) is 7.91. The zero-order valence-corrected chi connectivity index (χ0v) is 13.2. The molecule has 1 aromatic heterocycles. The van der Waals surface area contributed by atoms with Gasteiger partial charge in [-0.3, -0.25) is 0 Å². The van der Waals surface area contributed by atoms with Gasteiger partial charge in [0.2, 0.25) is 5.95 Å². The molecule has 0 bridgehead atoms. The quantitative estimate of drug-likeness (QED) is 0.885. The van der Waals surface area contributed by atoms with E-state index in [1.54, 1.807) is 0 Å². The summed E-state index contributed by atoms with van der Waals surface area (Å²) in [6.07, 6.45) is 5.78. The zero-order valence-electron chi connectivity index (χ0n) is 13.2. The second kappa shape index (κ2) is 5.54. The lowest BCUT2D eigenvalue weighted by Crippen LogP contribution is -2.35. The highest BCUT2D eigenvalue weighted by Gasteiger charge is 2.42. The number of rotatable bonds is 3.